The minimum atomic E-state index is -0.448. The number of carbonyl (C=O) groups is 1. The molecule has 2 aromatic heterocycles. The summed E-state index contributed by atoms with van der Waals surface area (Å²) in [6, 6.07) is 8.64. The van der Waals surface area contributed by atoms with Gasteiger partial charge < -0.3 is 5.73 Å². The van der Waals surface area contributed by atoms with Crippen molar-refractivity contribution in [3.8, 4) is 17.2 Å². The van der Waals surface area contributed by atoms with Crippen molar-refractivity contribution in [1.82, 2.24) is 24.5 Å². The first-order chi connectivity index (χ1) is 12.9. The highest BCUT2D eigenvalue weighted by atomic mass is 16.1. The number of amides is 1. The highest BCUT2D eigenvalue weighted by Gasteiger charge is 2.20. The number of aryl methyl sites for hydroxylation is 3. The van der Waals surface area contributed by atoms with Crippen LogP contribution in [0.25, 0.3) is 17.2 Å². The topological polar surface area (TPSA) is 91.6 Å². The Balaban J connectivity index is 1.84. The largest absolute Gasteiger partial charge is 0.369 e. The number of fused-ring (bicyclic) bond motifs is 1. The summed E-state index contributed by atoms with van der Waals surface area (Å²) in [6.07, 6.45) is 3.41. The summed E-state index contributed by atoms with van der Waals surface area (Å²) in [5, 5.41) is 9.27. The number of benzene rings is 1. The van der Waals surface area contributed by atoms with Crippen molar-refractivity contribution in [3.63, 3.8) is 0 Å². The molecule has 1 aliphatic carbocycles. The zero-order valence-electron chi connectivity index (χ0n) is 15.9. The van der Waals surface area contributed by atoms with Gasteiger partial charge in [-0.2, -0.15) is 10.2 Å². The van der Waals surface area contributed by atoms with Gasteiger partial charge in [0.15, 0.2) is 11.6 Å². The van der Waals surface area contributed by atoms with Crippen LogP contribution in [-0.4, -0.2) is 30.5 Å². The molecule has 27 heavy (non-hydrogen) atoms. The fourth-order valence-corrected chi connectivity index (χ4v) is 3.74. The summed E-state index contributed by atoms with van der Waals surface area (Å²) in [5.41, 5.74) is 10.8. The van der Waals surface area contributed by atoms with Gasteiger partial charge >= 0.3 is 0 Å². The van der Waals surface area contributed by atoms with E-state index in [1.165, 1.54) is 17.5 Å². The third-order valence-corrected chi connectivity index (χ3v) is 4.95. The number of aromatic nitrogens is 5. The quantitative estimate of drug-likeness (QED) is 0.753. The lowest BCUT2D eigenvalue weighted by Gasteiger charge is -2.08. The standard InChI is InChI=1S/C20H24N6O/c1-12(2)25-13(3)9-17(23-25)20-22-19(11-18(21)27)24-26(20)16-8-7-14-5-4-6-15(14)10-16/h7-10,12H,4-6,11H2,1-3H3,(H2,21,27). The summed E-state index contributed by atoms with van der Waals surface area (Å²) in [6.45, 7) is 6.21. The average molecular weight is 364 g/mol. The van der Waals surface area contributed by atoms with Gasteiger partial charge in [0.25, 0.3) is 0 Å². The molecule has 1 aromatic carbocycles. The van der Waals surface area contributed by atoms with Crippen LogP contribution in [0.15, 0.2) is 24.3 Å². The van der Waals surface area contributed by atoms with Crippen LogP contribution in [0.3, 0.4) is 0 Å². The van der Waals surface area contributed by atoms with Crippen LogP contribution < -0.4 is 5.73 Å². The zero-order chi connectivity index (χ0) is 19.1. The molecule has 0 bridgehead atoms. The van der Waals surface area contributed by atoms with Crippen molar-refractivity contribution in [2.24, 2.45) is 5.73 Å². The van der Waals surface area contributed by atoms with E-state index in [-0.39, 0.29) is 12.5 Å². The Kier molecular flexibility index (Phi) is 4.30. The average Bonchev–Trinajstić information content (AvgIpc) is 3.30. The van der Waals surface area contributed by atoms with Crippen LogP contribution in [0.5, 0.6) is 0 Å². The van der Waals surface area contributed by atoms with Crippen LogP contribution >= 0.6 is 0 Å². The predicted molar refractivity (Wildman–Crippen MR) is 103 cm³/mol. The Morgan fingerprint density at radius 3 is 2.67 bits per heavy atom. The Morgan fingerprint density at radius 2 is 1.96 bits per heavy atom. The van der Waals surface area contributed by atoms with Crippen molar-refractivity contribution in [3.05, 3.63) is 46.9 Å². The van der Waals surface area contributed by atoms with Crippen molar-refractivity contribution in [1.29, 1.82) is 0 Å². The summed E-state index contributed by atoms with van der Waals surface area (Å²) >= 11 is 0. The molecule has 0 fully saturated rings. The van der Waals surface area contributed by atoms with E-state index in [0.29, 0.717) is 11.6 Å². The molecule has 0 atom stereocenters. The smallest absolute Gasteiger partial charge is 0.225 e. The molecule has 2 N–H and O–H groups in total. The van der Waals surface area contributed by atoms with Crippen molar-refractivity contribution in [2.75, 3.05) is 0 Å². The van der Waals surface area contributed by atoms with E-state index in [2.05, 4.69) is 42.1 Å². The SMILES string of the molecule is Cc1cc(-c2nc(CC(N)=O)nn2-c2ccc3c(c2)CCC3)nn1C(C)C. The van der Waals surface area contributed by atoms with E-state index in [4.69, 9.17) is 10.8 Å². The third kappa shape index (κ3) is 3.25. The fraction of sp³-hybridized carbons (Fsp3) is 0.400. The number of hydrogen-bond acceptors (Lipinski definition) is 4. The second kappa shape index (κ2) is 6.64. The molecule has 0 spiro atoms. The van der Waals surface area contributed by atoms with E-state index in [1.807, 2.05) is 17.7 Å². The van der Waals surface area contributed by atoms with Gasteiger partial charge in [0, 0.05) is 11.7 Å². The van der Waals surface area contributed by atoms with Gasteiger partial charge in [-0.25, -0.2) is 9.67 Å². The summed E-state index contributed by atoms with van der Waals surface area (Å²) < 4.78 is 3.74. The molecule has 0 radical (unpaired) electrons. The van der Waals surface area contributed by atoms with E-state index in [0.717, 1.165) is 29.9 Å². The lowest BCUT2D eigenvalue weighted by Crippen LogP contribution is -2.14. The molecule has 0 saturated carbocycles. The normalized spacial score (nSPS) is 13.3. The summed E-state index contributed by atoms with van der Waals surface area (Å²) in [7, 11) is 0. The molecule has 140 valence electrons. The lowest BCUT2D eigenvalue weighted by atomic mass is 10.1. The predicted octanol–water partition coefficient (Wildman–Crippen LogP) is 2.54. The molecule has 0 unspecified atom stereocenters. The van der Waals surface area contributed by atoms with Crippen molar-refractivity contribution >= 4 is 5.91 Å². The van der Waals surface area contributed by atoms with Gasteiger partial charge in [-0.1, -0.05) is 6.07 Å². The molecule has 2 heterocycles. The Bertz CT molecular complexity index is 1010. The highest BCUT2D eigenvalue weighted by molar-refractivity contribution is 5.75. The van der Waals surface area contributed by atoms with Crippen LogP contribution in [0.1, 0.15) is 49.0 Å². The molecule has 0 aliphatic heterocycles. The number of carbonyl (C=O) groups excluding carboxylic acids is 1. The minimum absolute atomic E-state index is 0.00874. The van der Waals surface area contributed by atoms with Crippen LogP contribution in [0, 0.1) is 6.92 Å². The van der Waals surface area contributed by atoms with Crippen molar-refractivity contribution < 1.29 is 4.79 Å². The molecule has 7 nitrogen and oxygen atoms in total. The van der Waals surface area contributed by atoms with Gasteiger partial charge in [-0.15, -0.1) is 0 Å². The monoisotopic (exact) mass is 364 g/mol. The number of rotatable bonds is 5. The molecule has 1 amide bonds. The van der Waals surface area contributed by atoms with Gasteiger partial charge in [0.05, 0.1) is 12.1 Å². The molecular weight excluding hydrogens is 340 g/mol. The van der Waals surface area contributed by atoms with Gasteiger partial charge in [0.1, 0.15) is 5.69 Å². The van der Waals surface area contributed by atoms with E-state index in [9.17, 15) is 4.79 Å². The van der Waals surface area contributed by atoms with E-state index in [1.54, 1.807) is 4.68 Å². The number of primary amides is 1. The Hall–Kier alpha value is -2.96. The van der Waals surface area contributed by atoms with Crippen LogP contribution in [-0.2, 0) is 24.1 Å². The molecular formula is C20H24N6O. The van der Waals surface area contributed by atoms with E-state index < -0.39 is 5.91 Å². The number of nitrogens with zero attached hydrogens (tertiary/aromatic N) is 5. The molecule has 7 heteroatoms. The summed E-state index contributed by atoms with van der Waals surface area (Å²) in [4.78, 5) is 16.0. The molecule has 0 saturated heterocycles. The van der Waals surface area contributed by atoms with Gasteiger partial charge in [0.2, 0.25) is 5.91 Å². The first-order valence-electron chi connectivity index (χ1n) is 9.35. The number of nitrogens with two attached hydrogens (primary N) is 1. The van der Waals surface area contributed by atoms with E-state index >= 15 is 0 Å². The Morgan fingerprint density at radius 1 is 1.19 bits per heavy atom. The fourth-order valence-electron chi connectivity index (χ4n) is 3.74. The third-order valence-electron chi connectivity index (χ3n) is 4.95. The first kappa shape index (κ1) is 17.5. The van der Waals surface area contributed by atoms with Gasteiger partial charge in [-0.05, 0) is 69.4 Å². The van der Waals surface area contributed by atoms with Crippen LogP contribution in [0.2, 0.25) is 0 Å². The number of hydrogen-bond donors (Lipinski definition) is 1. The molecule has 1 aliphatic rings. The first-order valence-corrected chi connectivity index (χ1v) is 9.35. The van der Waals surface area contributed by atoms with Gasteiger partial charge in [-0.3, -0.25) is 9.48 Å². The summed E-state index contributed by atoms with van der Waals surface area (Å²) in [5.74, 6) is 0.595. The second-order valence-corrected chi connectivity index (χ2v) is 7.42. The Labute approximate surface area is 158 Å². The second-order valence-electron chi connectivity index (χ2n) is 7.42. The maximum atomic E-state index is 11.4. The maximum Gasteiger partial charge on any atom is 0.225 e. The van der Waals surface area contributed by atoms with Crippen LogP contribution in [0.4, 0.5) is 0 Å². The maximum absolute atomic E-state index is 11.4. The highest BCUT2D eigenvalue weighted by Crippen LogP contribution is 2.27. The lowest BCUT2D eigenvalue weighted by molar-refractivity contribution is -0.117. The zero-order valence-corrected chi connectivity index (χ0v) is 15.9. The minimum Gasteiger partial charge on any atom is -0.369 e. The van der Waals surface area contributed by atoms with Crippen molar-refractivity contribution in [2.45, 2.75) is 52.5 Å². The molecule has 4 rings (SSSR count). The molecule has 3 aromatic rings.